The molecule has 0 aliphatic rings. The molecule has 118 valence electrons. The van der Waals surface area contributed by atoms with Crippen molar-refractivity contribution in [1.29, 1.82) is 0 Å². The molecule has 0 fully saturated rings. The number of nitrogens with one attached hydrogen (secondary N) is 1. The van der Waals surface area contributed by atoms with Crippen LogP contribution in [0.1, 0.15) is 35.9 Å². The Morgan fingerprint density at radius 2 is 2.00 bits per heavy atom. The van der Waals surface area contributed by atoms with Crippen LogP contribution in [0, 0.1) is 0 Å². The second-order valence-corrected chi connectivity index (χ2v) is 5.41. The summed E-state index contributed by atoms with van der Waals surface area (Å²) < 4.78 is 3.74. The number of aromatic nitrogens is 3. The van der Waals surface area contributed by atoms with Crippen molar-refractivity contribution >= 4 is 5.91 Å². The Kier molecular flexibility index (Phi) is 4.28. The fraction of sp³-hybridized carbons (Fsp3) is 0.222. The first kappa shape index (κ1) is 15.1. The van der Waals surface area contributed by atoms with Gasteiger partial charge in [0.15, 0.2) is 0 Å². The van der Waals surface area contributed by atoms with Gasteiger partial charge in [0.05, 0.1) is 6.04 Å². The minimum Gasteiger partial charge on any atom is -0.344 e. The lowest BCUT2D eigenvalue weighted by molar-refractivity contribution is 0.0929. The summed E-state index contributed by atoms with van der Waals surface area (Å²) in [4.78, 5) is 12.4. The molecule has 1 unspecified atom stereocenters. The Morgan fingerprint density at radius 1 is 1.22 bits per heavy atom. The van der Waals surface area contributed by atoms with Gasteiger partial charge in [-0.1, -0.05) is 12.1 Å². The molecule has 5 heteroatoms. The van der Waals surface area contributed by atoms with E-state index in [1.54, 1.807) is 16.9 Å². The van der Waals surface area contributed by atoms with E-state index >= 15 is 0 Å². The van der Waals surface area contributed by atoms with E-state index in [9.17, 15) is 4.79 Å². The number of hydrogen-bond donors (Lipinski definition) is 1. The van der Waals surface area contributed by atoms with Gasteiger partial charge in [-0.05, 0) is 49.7 Å². The summed E-state index contributed by atoms with van der Waals surface area (Å²) in [5.74, 6) is -0.108. The molecule has 3 rings (SSSR count). The maximum atomic E-state index is 12.4. The molecule has 1 N–H and O–H groups in total. The van der Waals surface area contributed by atoms with Gasteiger partial charge in [0, 0.05) is 30.8 Å². The largest absolute Gasteiger partial charge is 0.344 e. The van der Waals surface area contributed by atoms with Crippen molar-refractivity contribution in [2.45, 2.75) is 26.4 Å². The summed E-state index contributed by atoms with van der Waals surface area (Å²) in [7, 11) is 0. The third-order valence-corrected chi connectivity index (χ3v) is 3.87. The maximum Gasteiger partial charge on any atom is 0.270 e. The highest BCUT2D eigenvalue weighted by atomic mass is 16.2. The monoisotopic (exact) mass is 308 g/mol. The summed E-state index contributed by atoms with van der Waals surface area (Å²) in [5.41, 5.74) is 2.72. The SMILES string of the molecule is CCn1nccc1C(=O)NC(C)c1cccc(-n2cccc2)c1. The minimum atomic E-state index is -0.108. The molecule has 23 heavy (non-hydrogen) atoms. The molecule has 1 aromatic carbocycles. The lowest BCUT2D eigenvalue weighted by Gasteiger charge is -2.16. The van der Waals surface area contributed by atoms with Crippen LogP contribution in [0.3, 0.4) is 0 Å². The molecule has 2 heterocycles. The van der Waals surface area contributed by atoms with E-state index in [1.165, 1.54) is 0 Å². The molecule has 0 saturated heterocycles. The van der Waals surface area contributed by atoms with Crippen LogP contribution in [0.2, 0.25) is 0 Å². The van der Waals surface area contributed by atoms with Gasteiger partial charge in [0.2, 0.25) is 0 Å². The van der Waals surface area contributed by atoms with E-state index in [-0.39, 0.29) is 11.9 Å². The summed E-state index contributed by atoms with van der Waals surface area (Å²) in [5, 5.41) is 7.17. The third kappa shape index (κ3) is 3.18. The number of aryl methyl sites for hydroxylation is 1. The molecular formula is C18H20N4O. The normalized spacial score (nSPS) is 12.1. The van der Waals surface area contributed by atoms with Gasteiger partial charge in [0.1, 0.15) is 5.69 Å². The fourth-order valence-corrected chi connectivity index (χ4v) is 2.59. The number of amides is 1. The summed E-state index contributed by atoms with van der Waals surface area (Å²) in [6.07, 6.45) is 5.65. The van der Waals surface area contributed by atoms with Crippen molar-refractivity contribution in [1.82, 2.24) is 19.7 Å². The standard InChI is InChI=1S/C18H20N4O/c1-3-22-17(9-10-19-22)18(23)20-14(2)15-7-6-8-16(13-15)21-11-4-5-12-21/h4-14H,3H2,1-2H3,(H,20,23). The van der Waals surface area contributed by atoms with Crippen LogP contribution in [-0.2, 0) is 6.54 Å². The van der Waals surface area contributed by atoms with Crippen molar-refractivity contribution in [3.05, 3.63) is 72.3 Å². The molecule has 0 saturated carbocycles. The van der Waals surface area contributed by atoms with E-state index in [2.05, 4.69) is 16.5 Å². The van der Waals surface area contributed by atoms with Crippen LogP contribution in [-0.4, -0.2) is 20.3 Å². The molecule has 0 spiro atoms. The van der Waals surface area contributed by atoms with Crippen molar-refractivity contribution in [2.24, 2.45) is 0 Å². The molecule has 3 aromatic rings. The lowest BCUT2D eigenvalue weighted by Crippen LogP contribution is -2.28. The van der Waals surface area contributed by atoms with Crippen molar-refractivity contribution in [3.8, 4) is 5.69 Å². The number of rotatable bonds is 5. The summed E-state index contributed by atoms with van der Waals surface area (Å²) in [6, 6.07) is 13.8. The van der Waals surface area contributed by atoms with Crippen LogP contribution in [0.25, 0.3) is 5.69 Å². The van der Waals surface area contributed by atoms with Gasteiger partial charge < -0.3 is 9.88 Å². The van der Waals surface area contributed by atoms with Crippen LogP contribution < -0.4 is 5.32 Å². The minimum absolute atomic E-state index is 0.0850. The average Bonchev–Trinajstić information content (AvgIpc) is 3.26. The molecule has 2 aromatic heterocycles. The van der Waals surface area contributed by atoms with Gasteiger partial charge in [-0.25, -0.2) is 0 Å². The lowest BCUT2D eigenvalue weighted by atomic mass is 10.1. The predicted molar refractivity (Wildman–Crippen MR) is 89.6 cm³/mol. The number of carbonyl (C=O) groups is 1. The zero-order valence-electron chi connectivity index (χ0n) is 13.3. The highest BCUT2D eigenvalue weighted by molar-refractivity contribution is 5.92. The summed E-state index contributed by atoms with van der Waals surface area (Å²) in [6.45, 7) is 4.63. The van der Waals surface area contributed by atoms with Gasteiger partial charge in [-0.15, -0.1) is 0 Å². The topological polar surface area (TPSA) is 51.9 Å². The predicted octanol–water partition coefficient (Wildman–Crippen LogP) is 3.18. The first-order valence-corrected chi connectivity index (χ1v) is 7.75. The zero-order chi connectivity index (χ0) is 16.2. The van der Waals surface area contributed by atoms with Crippen molar-refractivity contribution in [2.75, 3.05) is 0 Å². The van der Waals surface area contributed by atoms with Crippen molar-refractivity contribution in [3.63, 3.8) is 0 Å². The number of nitrogens with zero attached hydrogens (tertiary/aromatic N) is 3. The van der Waals surface area contributed by atoms with E-state index in [4.69, 9.17) is 0 Å². The van der Waals surface area contributed by atoms with Gasteiger partial charge >= 0.3 is 0 Å². The quantitative estimate of drug-likeness (QED) is 0.787. The number of carbonyl (C=O) groups excluding carboxylic acids is 1. The van der Waals surface area contributed by atoms with E-state index in [1.807, 2.05) is 61.1 Å². The highest BCUT2D eigenvalue weighted by Gasteiger charge is 2.15. The Bertz CT molecular complexity index is 789. The number of benzene rings is 1. The van der Waals surface area contributed by atoms with E-state index < -0.39 is 0 Å². The van der Waals surface area contributed by atoms with Crippen molar-refractivity contribution < 1.29 is 4.79 Å². The van der Waals surface area contributed by atoms with Gasteiger partial charge in [-0.3, -0.25) is 9.48 Å². The van der Waals surface area contributed by atoms with Crippen LogP contribution in [0.4, 0.5) is 0 Å². The molecule has 0 radical (unpaired) electrons. The molecule has 0 aliphatic carbocycles. The first-order chi connectivity index (χ1) is 11.2. The molecule has 5 nitrogen and oxygen atoms in total. The second kappa shape index (κ2) is 6.52. The molecular weight excluding hydrogens is 288 g/mol. The van der Waals surface area contributed by atoms with Gasteiger partial charge in [0.25, 0.3) is 5.91 Å². The second-order valence-electron chi connectivity index (χ2n) is 5.41. The Hall–Kier alpha value is -2.82. The van der Waals surface area contributed by atoms with Crippen LogP contribution in [0.5, 0.6) is 0 Å². The zero-order valence-corrected chi connectivity index (χ0v) is 13.3. The maximum absolute atomic E-state index is 12.4. The first-order valence-electron chi connectivity index (χ1n) is 7.75. The highest BCUT2D eigenvalue weighted by Crippen LogP contribution is 2.17. The average molecular weight is 308 g/mol. The fourth-order valence-electron chi connectivity index (χ4n) is 2.59. The number of hydrogen-bond acceptors (Lipinski definition) is 2. The van der Waals surface area contributed by atoms with Gasteiger partial charge in [-0.2, -0.15) is 5.10 Å². The van der Waals surface area contributed by atoms with Crippen LogP contribution in [0.15, 0.2) is 61.1 Å². The molecule has 1 atom stereocenters. The Balaban J connectivity index is 1.77. The van der Waals surface area contributed by atoms with Crippen LogP contribution >= 0.6 is 0 Å². The van der Waals surface area contributed by atoms with E-state index in [0.29, 0.717) is 12.2 Å². The third-order valence-electron chi connectivity index (χ3n) is 3.87. The van der Waals surface area contributed by atoms with E-state index in [0.717, 1.165) is 11.3 Å². The smallest absolute Gasteiger partial charge is 0.270 e. The Morgan fingerprint density at radius 3 is 2.74 bits per heavy atom. The molecule has 0 aliphatic heterocycles. The molecule has 0 bridgehead atoms. The molecule has 1 amide bonds. The summed E-state index contributed by atoms with van der Waals surface area (Å²) >= 11 is 0. The Labute approximate surface area is 135 Å².